The lowest BCUT2D eigenvalue weighted by Gasteiger charge is -2.25. The van der Waals surface area contributed by atoms with Crippen LogP contribution in [0.1, 0.15) is 43.9 Å². The third-order valence-corrected chi connectivity index (χ3v) is 3.55. The van der Waals surface area contributed by atoms with Gasteiger partial charge in [0.05, 0.1) is 18.2 Å². The van der Waals surface area contributed by atoms with E-state index in [9.17, 15) is 4.39 Å². The van der Waals surface area contributed by atoms with Crippen molar-refractivity contribution in [3.63, 3.8) is 0 Å². The Bertz CT molecular complexity index is 407. The second kappa shape index (κ2) is 5.81. The number of ether oxygens (including phenoxy) is 1. The molecule has 100 valence electrons. The maximum atomic E-state index is 14.0. The highest BCUT2D eigenvalue weighted by Crippen LogP contribution is 2.31. The highest BCUT2D eigenvalue weighted by atomic mass is 19.1. The Balaban J connectivity index is 2.26. The standard InChI is InChI=1S/C15H22FNO/c1-4-17-15(14-8-6-11(3)18-14)12-9-10(2)5-7-13(12)16/h5,7,9,11,14-15,17H,4,6,8H2,1-3H3. The van der Waals surface area contributed by atoms with Crippen LogP contribution in [-0.2, 0) is 4.74 Å². The van der Waals surface area contributed by atoms with Gasteiger partial charge in [-0.1, -0.05) is 24.6 Å². The molecule has 2 nitrogen and oxygen atoms in total. The van der Waals surface area contributed by atoms with E-state index in [-0.39, 0.29) is 24.1 Å². The number of hydrogen-bond acceptors (Lipinski definition) is 2. The molecule has 1 aliphatic heterocycles. The average molecular weight is 251 g/mol. The summed E-state index contributed by atoms with van der Waals surface area (Å²) in [7, 11) is 0. The minimum Gasteiger partial charge on any atom is -0.373 e. The van der Waals surface area contributed by atoms with Crippen LogP contribution in [0.25, 0.3) is 0 Å². The number of aryl methyl sites for hydroxylation is 1. The summed E-state index contributed by atoms with van der Waals surface area (Å²) in [5, 5.41) is 3.36. The van der Waals surface area contributed by atoms with E-state index in [2.05, 4.69) is 12.2 Å². The summed E-state index contributed by atoms with van der Waals surface area (Å²) in [6, 6.07) is 5.24. The van der Waals surface area contributed by atoms with Crippen LogP contribution in [0.15, 0.2) is 18.2 Å². The van der Waals surface area contributed by atoms with Gasteiger partial charge in [-0.3, -0.25) is 0 Å². The molecule has 18 heavy (non-hydrogen) atoms. The van der Waals surface area contributed by atoms with E-state index in [0.29, 0.717) is 0 Å². The van der Waals surface area contributed by atoms with Gasteiger partial charge in [0, 0.05) is 5.56 Å². The van der Waals surface area contributed by atoms with Crippen molar-refractivity contribution in [2.45, 2.75) is 51.9 Å². The summed E-state index contributed by atoms with van der Waals surface area (Å²) >= 11 is 0. The number of nitrogens with one attached hydrogen (secondary N) is 1. The first kappa shape index (κ1) is 13.5. The molecule has 1 heterocycles. The number of hydrogen-bond donors (Lipinski definition) is 1. The molecular weight excluding hydrogens is 229 g/mol. The molecule has 0 bridgehead atoms. The summed E-state index contributed by atoms with van der Waals surface area (Å²) in [5.74, 6) is -0.144. The van der Waals surface area contributed by atoms with Crippen molar-refractivity contribution < 1.29 is 9.13 Å². The van der Waals surface area contributed by atoms with Crippen molar-refractivity contribution in [3.8, 4) is 0 Å². The lowest BCUT2D eigenvalue weighted by molar-refractivity contribution is 0.0311. The maximum Gasteiger partial charge on any atom is 0.128 e. The SMILES string of the molecule is CCNC(c1cc(C)ccc1F)C1CCC(C)O1. The number of halogens is 1. The molecule has 1 fully saturated rings. The van der Waals surface area contributed by atoms with Gasteiger partial charge < -0.3 is 10.1 Å². The molecule has 0 aromatic heterocycles. The van der Waals surface area contributed by atoms with E-state index in [1.807, 2.05) is 19.9 Å². The Kier molecular flexibility index (Phi) is 4.36. The highest BCUT2D eigenvalue weighted by molar-refractivity contribution is 5.28. The van der Waals surface area contributed by atoms with Crippen LogP contribution in [0.3, 0.4) is 0 Å². The normalized spacial score (nSPS) is 25.3. The molecule has 3 heteroatoms. The summed E-state index contributed by atoms with van der Waals surface area (Å²) in [4.78, 5) is 0. The Morgan fingerprint density at radius 1 is 1.44 bits per heavy atom. The molecule has 1 saturated heterocycles. The molecule has 0 amide bonds. The lowest BCUT2D eigenvalue weighted by atomic mass is 9.97. The first-order valence-electron chi connectivity index (χ1n) is 6.76. The molecule has 3 unspecified atom stereocenters. The van der Waals surface area contributed by atoms with Crippen LogP contribution in [0.5, 0.6) is 0 Å². The first-order chi connectivity index (χ1) is 8.61. The number of rotatable bonds is 4. The minimum atomic E-state index is -0.144. The van der Waals surface area contributed by atoms with E-state index >= 15 is 0 Å². The maximum absolute atomic E-state index is 14.0. The fourth-order valence-electron chi connectivity index (χ4n) is 2.64. The second-order valence-corrected chi connectivity index (χ2v) is 5.12. The molecule has 0 aliphatic carbocycles. The average Bonchev–Trinajstić information content (AvgIpc) is 2.76. The quantitative estimate of drug-likeness (QED) is 0.886. The summed E-state index contributed by atoms with van der Waals surface area (Å²) in [5.41, 5.74) is 1.82. The van der Waals surface area contributed by atoms with Crippen LogP contribution < -0.4 is 5.32 Å². The predicted molar refractivity (Wildman–Crippen MR) is 71.1 cm³/mol. The van der Waals surface area contributed by atoms with Gasteiger partial charge in [-0.2, -0.15) is 0 Å². The zero-order valence-electron chi connectivity index (χ0n) is 11.4. The molecule has 1 N–H and O–H groups in total. The molecule has 2 rings (SSSR count). The van der Waals surface area contributed by atoms with Crippen LogP contribution >= 0.6 is 0 Å². The highest BCUT2D eigenvalue weighted by Gasteiger charge is 2.31. The van der Waals surface area contributed by atoms with Crippen molar-refractivity contribution in [3.05, 3.63) is 35.1 Å². The van der Waals surface area contributed by atoms with E-state index in [1.165, 1.54) is 0 Å². The molecule has 1 aromatic carbocycles. The summed E-state index contributed by atoms with van der Waals surface area (Å²) in [6.07, 6.45) is 2.41. The lowest BCUT2D eigenvalue weighted by Crippen LogP contribution is -2.32. The monoisotopic (exact) mass is 251 g/mol. The van der Waals surface area contributed by atoms with Gasteiger partial charge in [0.25, 0.3) is 0 Å². The van der Waals surface area contributed by atoms with Crippen LogP contribution in [-0.4, -0.2) is 18.8 Å². The predicted octanol–water partition coefficient (Wildman–Crippen LogP) is 3.35. The fraction of sp³-hybridized carbons (Fsp3) is 0.600. The summed E-state index contributed by atoms with van der Waals surface area (Å²) in [6.45, 7) is 6.92. The van der Waals surface area contributed by atoms with Crippen molar-refractivity contribution in [2.24, 2.45) is 0 Å². The van der Waals surface area contributed by atoms with Gasteiger partial charge in [0.2, 0.25) is 0 Å². The second-order valence-electron chi connectivity index (χ2n) is 5.12. The van der Waals surface area contributed by atoms with Crippen molar-refractivity contribution >= 4 is 0 Å². The van der Waals surface area contributed by atoms with Crippen LogP contribution in [0.2, 0.25) is 0 Å². The third-order valence-electron chi connectivity index (χ3n) is 3.55. The Hall–Kier alpha value is -0.930. The molecular formula is C15H22FNO. The molecule has 1 aliphatic rings. The molecule has 0 radical (unpaired) electrons. The van der Waals surface area contributed by atoms with Crippen molar-refractivity contribution in [1.82, 2.24) is 5.32 Å². The minimum absolute atomic E-state index is 0.0418. The summed E-state index contributed by atoms with van der Waals surface area (Å²) < 4.78 is 19.9. The Morgan fingerprint density at radius 2 is 2.22 bits per heavy atom. The van der Waals surface area contributed by atoms with Crippen LogP contribution in [0.4, 0.5) is 4.39 Å². The first-order valence-corrected chi connectivity index (χ1v) is 6.76. The molecule has 0 saturated carbocycles. The van der Waals surface area contributed by atoms with Crippen molar-refractivity contribution in [2.75, 3.05) is 6.54 Å². The Labute approximate surface area is 109 Å². The van der Waals surface area contributed by atoms with Gasteiger partial charge in [0.15, 0.2) is 0 Å². The van der Waals surface area contributed by atoms with Gasteiger partial charge in [-0.15, -0.1) is 0 Å². The smallest absolute Gasteiger partial charge is 0.128 e. The molecule has 1 aromatic rings. The van der Waals surface area contributed by atoms with E-state index in [1.54, 1.807) is 12.1 Å². The third kappa shape index (κ3) is 2.90. The topological polar surface area (TPSA) is 21.3 Å². The van der Waals surface area contributed by atoms with E-state index in [4.69, 9.17) is 4.74 Å². The van der Waals surface area contributed by atoms with Gasteiger partial charge >= 0.3 is 0 Å². The van der Waals surface area contributed by atoms with Gasteiger partial charge in [-0.05, 0) is 39.3 Å². The van der Waals surface area contributed by atoms with Gasteiger partial charge in [-0.25, -0.2) is 4.39 Å². The van der Waals surface area contributed by atoms with Crippen molar-refractivity contribution in [1.29, 1.82) is 0 Å². The zero-order chi connectivity index (χ0) is 13.1. The Morgan fingerprint density at radius 3 is 2.83 bits per heavy atom. The fourth-order valence-corrected chi connectivity index (χ4v) is 2.64. The van der Waals surface area contributed by atoms with E-state index < -0.39 is 0 Å². The van der Waals surface area contributed by atoms with E-state index in [0.717, 1.165) is 30.5 Å². The zero-order valence-corrected chi connectivity index (χ0v) is 11.4. The number of likely N-dealkylation sites (N-methyl/N-ethyl adjacent to an activating group) is 1. The van der Waals surface area contributed by atoms with Gasteiger partial charge in [0.1, 0.15) is 5.82 Å². The largest absolute Gasteiger partial charge is 0.373 e. The molecule has 3 atom stereocenters. The number of benzene rings is 1. The molecule has 0 spiro atoms. The van der Waals surface area contributed by atoms with Crippen LogP contribution in [0, 0.1) is 12.7 Å².